The average Bonchev–Trinajstić information content (AvgIpc) is 2.57. The first-order chi connectivity index (χ1) is 12.4. The molecule has 0 heterocycles. The van der Waals surface area contributed by atoms with Crippen LogP contribution in [0.25, 0.3) is 0 Å². The number of amides is 1. The summed E-state index contributed by atoms with van der Waals surface area (Å²) in [4.78, 5) is 23.7. The van der Waals surface area contributed by atoms with E-state index < -0.39 is 17.7 Å². The Kier molecular flexibility index (Phi) is 6.72. The van der Waals surface area contributed by atoms with Gasteiger partial charge in [-0.25, -0.2) is 4.39 Å². The van der Waals surface area contributed by atoms with Crippen molar-refractivity contribution in [3.63, 3.8) is 0 Å². The van der Waals surface area contributed by atoms with Crippen LogP contribution in [0, 0.1) is 5.82 Å². The zero-order chi connectivity index (χ0) is 19.1. The smallest absolute Gasteiger partial charge is 0.312 e. The number of ether oxygens (including phenoxy) is 1. The number of carbonyl (C=O) groups is 2. The van der Waals surface area contributed by atoms with E-state index in [0.717, 1.165) is 5.56 Å². The summed E-state index contributed by atoms with van der Waals surface area (Å²) in [6.45, 7) is 3.72. The van der Waals surface area contributed by atoms with Crippen molar-refractivity contribution in [2.75, 3.05) is 6.54 Å². The molecule has 0 saturated carbocycles. The van der Waals surface area contributed by atoms with E-state index in [1.807, 2.05) is 26.0 Å². The van der Waals surface area contributed by atoms with Gasteiger partial charge in [-0.05, 0) is 37.6 Å². The first-order valence-corrected chi connectivity index (χ1v) is 8.36. The Morgan fingerprint density at radius 2 is 1.77 bits per heavy atom. The van der Waals surface area contributed by atoms with Gasteiger partial charge in [-0.15, -0.1) is 0 Å². The van der Waals surface area contributed by atoms with Gasteiger partial charge in [0.05, 0.1) is 18.4 Å². The van der Waals surface area contributed by atoms with Crippen LogP contribution in [0.3, 0.4) is 0 Å². The van der Waals surface area contributed by atoms with Gasteiger partial charge in [-0.1, -0.05) is 30.3 Å². The molecule has 2 N–H and O–H groups in total. The second-order valence-corrected chi connectivity index (χ2v) is 6.20. The third kappa shape index (κ3) is 5.58. The summed E-state index contributed by atoms with van der Waals surface area (Å²) in [5, 5.41) is 12.0. The lowest BCUT2D eigenvalue weighted by Gasteiger charge is -2.16. The van der Waals surface area contributed by atoms with Crippen molar-refractivity contribution in [1.29, 1.82) is 0 Å². The van der Waals surface area contributed by atoms with Crippen molar-refractivity contribution in [2.24, 2.45) is 0 Å². The molecule has 0 aromatic heterocycles. The lowest BCUT2D eigenvalue weighted by atomic mass is 9.99. The summed E-state index contributed by atoms with van der Waals surface area (Å²) in [7, 11) is 0. The first-order valence-electron chi connectivity index (χ1n) is 8.36. The Morgan fingerprint density at radius 1 is 1.12 bits per heavy atom. The van der Waals surface area contributed by atoms with Gasteiger partial charge in [0.25, 0.3) is 0 Å². The molecule has 2 aromatic carbocycles. The van der Waals surface area contributed by atoms with Crippen LogP contribution in [0.5, 0.6) is 5.75 Å². The molecule has 6 heteroatoms. The number of aliphatic carboxylic acids is 1. The average molecular weight is 359 g/mol. The normalized spacial score (nSPS) is 11.8. The minimum absolute atomic E-state index is 0.0194. The van der Waals surface area contributed by atoms with E-state index in [1.54, 1.807) is 12.1 Å². The van der Waals surface area contributed by atoms with Crippen molar-refractivity contribution in [3.05, 3.63) is 65.5 Å². The summed E-state index contributed by atoms with van der Waals surface area (Å²) in [5.41, 5.74) is 1.16. The van der Waals surface area contributed by atoms with Crippen LogP contribution < -0.4 is 10.1 Å². The molecule has 0 aliphatic carbocycles. The molecule has 0 spiro atoms. The van der Waals surface area contributed by atoms with Crippen LogP contribution in [-0.2, 0) is 16.0 Å². The molecule has 0 saturated heterocycles. The zero-order valence-corrected chi connectivity index (χ0v) is 14.7. The predicted molar refractivity (Wildman–Crippen MR) is 95.7 cm³/mol. The summed E-state index contributed by atoms with van der Waals surface area (Å²) < 4.78 is 18.7. The molecule has 2 rings (SSSR count). The van der Waals surface area contributed by atoms with E-state index >= 15 is 0 Å². The van der Waals surface area contributed by atoms with Crippen molar-refractivity contribution < 1.29 is 23.8 Å². The summed E-state index contributed by atoms with van der Waals surface area (Å²) >= 11 is 0. The molecule has 0 radical (unpaired) electrons. The third-order valence-corrected chi connectivity index (χ3v) is 3.76. The first kappa shape index (κ1) is 19.4. The maximum atomic E-state index is 13.0. The van der Waals surface area contributed by atoms with E-state index in [1.165, 1.54) is 24.3 Å². The van der Waals surface area contributed by atoms with Crippen molar-refractivity contribution in [3.8, 4) is 5.75 Å². The number of hydrogen-bond acceptors (Lipinski definition) is 3. The Labute approximate surface area is 151 Å². The Balaban J connectivity index is 2.01. The van der Waals surface area contributed by atoms with E-state index in [2.05, 4.69) is 5.32 Å². The summed E-state index contributed by atoms with van der Waals surface area (Å²) in [6, 6.07) is 12.5. The lowest BCUT2D eigenvalue weighted by Crippen LogP contribution is -2.32. The number of carboxylic acids is 1. The van der Waals surface area contributed by atoms with Gasteiger partial charge >= 0.3 is 5.97 Å². The predicted octanol–water partition coefficient (Wildman–Crippen LogP) is 3.14. The summed E-state index contributed by atoms with van der Waals surface area (Å²) in [5.74, 6) is -2.14. The van der Waals surface area contributed by atoms with E-state index in [9.17, 15) is 19.1 Å². The number of benzene rings is 2. The molecule has 138 valence electrons. The van der Waals surface area contributed by atoms with Crippen LogP contribution >= 0.6 is 0 Å². The second-order valence-electron chi connectivity index (χ2n) is 6.20. The van der Waals surface area contributed by atoms with E-state index in [-0.39, 0.29) is 25.0 Å². The quantitative estimate of drug-likeness (QED) is 0.759. The minimum Gasteiger partial charge on any atom is -0.491 e. The molecule has 1 amide bonds. The van der Waals surface area contributed by atoms with Crippen LogP contribution in [-0.4, -0.2) is 29.6 Å². The molecule has 26 heavy (non-hydrogen) atoms. The molecular weight excluding hydrogens is 337 g/mol. The second kappa shape index (κ2) is 8.99. The maximum Gasteiger partial charge on any atom is 0.312 e. The minimum atomic E-state index is -1.08. The standard InChI is InChI=1S/C20H22FNO4/c1-13(2)26-18-6-4-3-5-15(18)11-19(23)22-12-17(20(24)25)14-7-9-16(21)10-8-14/h3-10,13,17H,11-12H2,1-2H3,(H,22,23)(H,24,25). The highest BCUT2D eigenvalue weighted by atomic mass is 19.1. The maximum absolute atomic E-state index is 13.0. The number of halogens is 1. The van der Waals surface area contributed by atoms with Gasteiger partial charge < -0.3 is 15.2 Å². The molecular formula is C20H22FNO4. The molecule has 0 fully saturated rings. The third-order valence-electron chi connectivity index (χ3n) is 3.76. The lowest BCUT2D eigenvalue weighted by molar-refractivity contribution is -0.138. The van der Waals surface area contributed by atoms with Gasteiger partial charge in [0.15, 0.2) is 0 Å². The van der Waals surface area contributed by atoms with Gasteiger partial charge in [-0.2, -0.15) is 0 Å². The molecule has 0 aliphatic heterocycles. The number of para-hydroxylation sites is 1. The number of hydrogen-bond donors (Lipinski definition) is 2. The SMILES string of the molecule is CC(C)Oc1ccccc1CC(=O)NCC(C(=O)O)c1ccc(F)cc1. The van der Waals surface area contributed by atoms with Gasteiger partial charge in [0, 0.05) is 12.1 Å². The van der Waals surface area contributed by atoms with Gasteiger partial charge in [-0.3, -0.25) is 9.59 Å². The molecule has 0 aliphatic rings. The fourth-order valence-electron chi connectivity index (χ4n) is 2.51. The molecule has 0 bridgehead atoms. The van der Waals surface area contributed by atoms with Gasteiger partial charge in [0.2, 0.25) is 5.91 Å². The summed E-state index contributed by atoms with van der Waals surface area (Å²) in [6.07, 6.45) is 0.0626. The van der Waals surface area contributed by atoms with E-state index in [4.69, 9.17) is 4.74 Å². The van der Waals surface area contributed by atoms with Crippen LogP contribution in [0.4, 0.5) is 4.39 Å². The number of carboxylic acid groups (broad SMARTS) is 1. The largest absolute Gasteiger partial charge is 0.491 e. The van der Waals surface area contributed by atoms with Crippen molar-refractivity contribution in [2.45, 2.75) is 32.3 Å². The Morgan fingerprint density at radius 3 is 2.38 bits per heavy atom. The molecule has 1 atom stereocenters. The fraction of sp³-hybridized carbons (Fsp3) is 0.300. The van der Waals surface area contributed by atoms with Crippen molar-refractivity contribution >= 4 is 11.9 Å². The molecule has 5 nitrogen and oxygen atoms in total. The van der Waals surface area contributed by atoms with Crippen molar-refractivity contribution in [1.82, 2.24) is 5.32 Å². The fourth-order valence-corrected chi connectivity index (χ4v) is 2.51. The number of rotatable bonds is 8. The number of carbonyl (C=O) groups excluding carboxylic acids is 1. The number of nitrogens with one attached hydrogen (secondary N) is 1. The highest BCUT2D eigenvalue weighted by Crippen LogP contribution is 2.20. The van der Waals surface area contributed by atoms with Crippen LogP contribution in [0.1, 0.15) is 30.9 Å². The monoisotopic (exact) mass is 359 g/mol. The van der Waals surface area contributed by atoms with Crippen LogP contribution in [0.2, 0.25) is 0 Å². The topological polar surface area (TPSA) is 75.6 Å². The van der Waals surface area contributed by atoms with E-state index in [0.29, 0.717) is 11.3 Å². The van der Waals surface area contributed by atoms with Crippen LogP contribution in [0.15, 0.2) is 48.5 Å². The molecule has 1 unspecified atom stereocenters. The molecule has 2 aromatic rings. The Hall–Kier alpha value is -2.89. The zero-order valence-electron chi connectivity index (χ0n) is 14.7. The highest BCUT2D eigenvalue weighted by molar-refractivity contribution is 5.81. The Bertz CT molecular complexity index is 759. The van der Waals surface area contributed by atoms with Gasteiger partial charge in [0.1, 0.15) is 11.6 Å². The highest BCUT2D eigenvalue weighted by Gasteiger charge is 2.21.